The minimum absolute atomic E-state index is 0.577. The van der Waals surface area contributed by atoms with E-state index in [0.29, 0.717) is 5.92 Å². The highest BCUT2D eigenvalue weighted by Crippen LogP contribution is 2.42. The van der Waals surface area contributed by atoms with Crippen LogP contribution < -0.4 is 0 Å². The summed E-state index contributed by atoms with van der Waals surface area (Å²) in [6.45, 7) is 2.29. The van der Waals surface area contributed by atoms with Gasteiger partial charge in [-0.1, -0.05) is 70.4 Å². The van der Waals surface area contributed by atoms with Crippen LogP contribution in [0.3, 0.4) is 0 Å². The van der Waals surface area contributed by atoms with Gasteiger partial charge in [0.1, 0.15) is 6.07 Å². The summed E-state index contributed by atoms with van der Waals surface area (Å²) in [5.74, 6) is 2.78. The molecule has 0 aliphatic heterocycles. The lowest BCUT2D eigenvalue weighted by Gasteiger charge is -2.37. The van der Waals surface area contributed by atoms with Gasteiger partial charge in [0, 0.05) is 0 Å². The first-order valence-corrected chi connectivity index (χ1v) is 11.2. The Labute approximate surface area is 160 Å². The van der Waals surface area contributed by atoms with Crippen molar-refractivity contribution in [3.05, 3.63) is 24.1 Å². The summed E-state index contributed by atoms with van der Waals surface area (Å²) in [6, 6.07) is 1.52. The fourth-order valence-electron chi connectivity index (χ4n) is 5.13. The van der Waals surface area contributed by atoms with Gasteiger partial charge in [-0.15, -0.1) is 0 Å². The zero-order chi connectivity index (χ0) is 18.6. The molecule has 0 bridgehead atoms. The molecule has 0 heterocycles. The van der Waals surface area contributed by atoms with Gasteiger partial charge in [0.05, 0.1) is 0 Å². The number of hydrogen-bond donors (Lipinski definition) is 0. The number of hydrogen-bond acceptors (Lipinski definition) is 1. The Morgan fingerprint density at radius 1 is 0.923 bits per heavy atom. The molecule has 0 atom stereocenters. The third-order valence-electron chi connectivity index (χ3n) is 6.82. The molecule has 2 fully saturated rings. The van der Waals surface area contributed by atoms with Crippen molar-refractivity contribution in [3.63, 3.8) is 0 Å². The molecule has 1 nitrogen and oxygen atoms in total. The van der Waals surface area contributed by atoms with Crippen molar-refractivity contribution >= 4 is 0 Å². The lowest BCUT2D eigenvalue weighted by Crippen LogP contribution is -2.25. The highest BCUT2D eigenvalue weighted by Gasteiger charge is 2.30. The smallest absolute Gasteiger partial charge is 0.195 e. The molecular weight excluding hydrogens is 321 g/mol. The second kappa shape index (κ2) is 12.3. The van der Waals surface area contributed by atoms with E-state index in [1.54, 1.807) is 6.08 Å². The van der Waals surface area contributed by atoms with Crippen LogP contribution in [0.5, 0.6) is 0 Å². The Hall–Kier alpha value is -1.10. The zero-order valence-electron chi connectivity index (χ0n) is 16.8. The standard InChI is InChI=1S/C24H38FN/c1-2-3-4-5-6-8-20-11-15-22(16-12-20)23-17-13-21(14-18-23)9-7-10-24(25)19-26/h7,9-10,20-23H,2-6,8,11-18H2,1H3/b9-7+,24-10-. The molecular formula is C24H38FN. The molecule has 0 saturated heterocycles. The predicted molar refractivity (Wildman–Crippen MR) is 108 cm³/mol. The molecule has 2 heteroatoms. The SMILES string of the molecule is CCCCCCCC1CCC(C2CCC(/C=C/C=C(\F)C#N)CC2)CC1. The molecule has 0 amide bonds. The monoisotopic (exact) mass is 359 g/mol. The minimum Gasteiger partial charge on any atom is -0.195 e. The van der Waals surface area contributed by atoms with Crippen LogP contribution in [0.4, 0.5) is 4.39 Å². The summed E-state index contributed by atoms with van der Waals surface area (Å²) < 4.78 is 12.8. The summed E-state index contributed by atoms with van der Waals surface area (Å²) in [5.41, 5.74) is 0. The molecule has 0 unspecified atom stereocenters. The van der Waals surface area contributed by atoms with Gasteiger partial charge in [-0.2, -0.15) is 9.65 Å². The van der Waals surface area contributed by atoms with E-state index in [9.17, 15) is 4.39 Å². The Kier molecular flexibility index (Phi) is 10.0. The van der Waals surface area contributed by atoms with Gasteiger partial charge in [0.2, 0.25) is 0 Å². The Bertz CT molecular complexity index is 471. The van der Waals surface area contributed by atoms with E-state index in [1.807, 2.05) is 0 Å². The third-order valence-corrected chi connectivity index (χ3v) is 6.82. The van der Waals surface area contributed by atoms with Crippen LogP contribution in [0.1, 0.15) is 96.8 Å². The van der Waals surface area contributed by atoms with Crippen molar-refractivity contribution in [1.82, 2.24) is 0 Å². The first kappa shape index (κ1) is 21.2. The summed E-state index contributed by atoms with van der Waals surface area (Å²) in [7, 11) is 0. The summed E-state index contributed by atoms with van der Waals surface area (Å²) in [5, 5.41) is 8.42. The molecule has 2 rings (SSSR count). The molecule has 146 valence electrons. The number of unbranched alkanes of at least 4 members (excludes halogenated alkanes) is 4. The van der Waals surface area contributed by atoms with Crippen molar-refractivity contribution in [2.24, 2.45) is 23.7 Å². The lowest BCUT2D eigenvalue weighted by atomic mass is 9.68. The van der Waals surface area contributed by atoms with E-state index in [-0.39, 0.29) is 0 Å². The van der Waals surface area contributed by atoms with Crippen molar-refractivity contribution in [3.8, 4) is 6.07 Å². The van der Waals surface area contributed by atoms with Gasteiger partial charge in [-0.05, 0) is 68.3 Å². The van der Waals surface area contributed by atoms with Gasteiger partial charge in [0.25, 0.3) is 0 Å². The number of nitrogens with zero attached hydrogens (tertiary/aromatic N) is 1. The van der Waals surface area contributed by atoms with Crippen LogP contribution in [0.2, 0.25) is 0 Å². The molecule has 26 heavy (non-hydrogen) atoms. The molecule has 0 radical (unpaired) electrons. The average molecular weight is 360 g/mol. The topological polar surface area (TPSA) is 23.8 Å². The fraction of sp³-hybridized carbons (Fsp3) is 0.792. The van der Waals surface area contributed by atoms with Gasteiger partial charge >= 0.3 is 0 Å². The van der Waals surface area contributed by atoms with Crippen molar-refractivity contribution < 1.29 is 4.39 Å². The highest BCUT2D eigenvalue weighted by atomic mass is 19.1. The summed E-state index contributed by atoms with van der Waals surface area (Å²) in [4.78, 5) is 0. The van der Waals surface area contributed by atoms with Crippen LogP contribution >= 0.6 is 0 Å². The van der Waals surface area contributed by atoms with E-state index in [0.717, 1.165) is 17.8 Å². The predicted octanol–water partition coefficient (Wildman–Crippen LogP) is 7.89. The first-order chi connectivity index (χ1) is 12.7. The van der Waals surface area contributed by atoms with E-state index in [4.69, 9.17) is 5.26 Å². The van der Waals surface area contributed by atoms with Gasteiger partial charge in [-0.25, -0.2) is 0 Å². The van der Waals surface area contributed by atoms with Gasteiger partial charge in [0.15, 0.2) is 5.83 Å². The molecule has 2 aliphatic rings. The number of rotatable bonds is 9. The largest absolute Gasteiger partial charge is 0.199 e. The van der Waals surface area contributed by atoms with E-state index < -0.39 is 5.83 Å². The molecule has 0 N–H and O–H groups in total. The van der Waals surface area contributed by atoms with Crippen LogP contribution in [0.25, 0.3) is 0 Å². The van der Waals surface area contributed by atoms with E-state index in [2.05, 4.69) is 13.0 Å². The van der Waals surface area contributed by atoms with Crippen molar-refractivity contribution in [1.29, 1.82) is 5.26 Å². The maximum absolute atomic E-state index is 12.8. The lowest BCUT2D eigenvalue weighted by molar-refractivity contribution is 0.151. The van der Waals surface area contributed by atoms with Gasteiger partial charge in [-0.3, -0.25) is 0 Å². The third kappa shape index (κ3) is 7.65. The Balaban J connectivity index is 1.60. The van der Waals surface area contributed by atoms with Crippen LogP contribution in [-0.4, -0.2) is 0 Å². The van der Waals surface area contributed by atoms with Crippen molar-refractivity contribution in [2.75, 3.05) is 0 Å². The van der Waals surface area contributed by atoms with Crippen LogP contribution in [0.15, 0.2) is 24.1 Å². The van der Waals surface area contributed by atoms with E-state index in [1.165, 1.54) is 102 Å². The first-order valence-electron chi connectivity index (χ1n) is 11.2. The average Bonchev–Trinajstić information content (AvgIpc) is 2.69. The summed E-state index contributed by atoms with van der Waals surface area (Å²) >= 11 is 0. The van der Waals surface area contributed by atoms with E-state index >= 15 is 0 Å². The molecule has 2 aliphatic carbocycles. The van der Waals surface area contributed by atoms with Crippen LogP contribution in [-0.2, 0) is 0 Å². The number of allylic oxidation sites excluding steroid dienone is 4. The molecule has 0 spiro atoms. The molecule has 0 aromatic rings. The number of nitriles is 1. The Morgan fingerprint density at radius 3 is 2.15 bits per heavy atom. The normalized spacial score (nSPS) is 30.4. The quantitative estimate of drug-likeness (QED) is 0.233. The Morgan fingerprint density at radius 2 is 1.54 bits per heavy atom. The molecule has 0 aromatic heterocycles. The summed E-state index contributed by atoms with van der Waals surface area (Å²) in [6.07, 6.45) is 24.7. The second-order valence-electron chi connectivity index (χ2n) is 8.67. The second-order valence-corrected chi connectivity index (χ2v) is 8.67. The van der Waals surface area contributed by atoms with Gasteiger partial charge < -0.3 is 0 Å². The van der Waals surface area contributed by atoms with Crippen LogP contribution in [0, 0.1) is 35.0 Å². The zero-order valence-corrected chi connectivity index (χ0v) is 16.8. The molecule has 2 saturated carbocycles. The maximum atomic E-state index is 12.8. The number of halogens is 1. The highest BCUT2D eigenvalue weighted by molar-refractivity contribution is 5.19. The fourth-order valence-corrected chi connectivity index (χ4v) is 5.13. The maximum Gasteiger partial charge on any atom is 0.199 e. The minimum atomic E-state index is -0.697. The van der Waals surface area contributed by atoms with Crippen molar-refractivity contribution in [2.45, 2.75) is 96.8 Å². The molecule has 0 aromatic carbocycles.